The lowest BCUT2D eigenvalue weighted by Crippen LogP contribution is -2.36. The molecule has 0 bridgehead atoms. The van der Waals surface area contributed by atoms with Crippen molar-refractivity contribution in [1.82, 2.24) is 9.97 Å². The Bertz CT molecular complexity index is 909. The van der Waals surface area contributed by atoms with Gasteiger partial charge < -0.3 is 9.84 Å². The summed E-state index contributed by atoms with van der Waals surface area (Å²) in [5, 5.41) is 10.8. The molecule has 1 heterocycles. The van der Waals surface area contributed by atoms with E-state index in [1.54, 1.807) is 20.8 Å². The molecule has 0 saturated carbocycles. The molecule has 0 radical (unpaired) electrons. The summed E-state index contributed by atoms with van der Waals surface area (Å²) in [5.74, 6) is -1.62. The van der Waals surface area contributed by atoms with E-state index in [4.69, 9.17) is 16.3 Å². The summed E-state index contributed by atoms with van der Waals surface area (Å²) in [4.78, 5) is 21.4. The van der Waals surface area contributed by atoms with Gasteiger partial charge in [0.2, 0.25) is 0 Å². The number of aliphatic hydroxyl groups excluding tert-OH is 1. The third kappa shape index (κ3) is 2.57. The number of allylic oxidation sites excluding steroid dienone is 1. The minimum Gasteiger partial charge on any atom is -0.505 e. The van der Waals surface area contributed by atoms with E-state index in [0.29, 0.717) is 5.69 Å². The number of nitrogens with zero attached hydrogens (tertiary/aromatic N) is 2. The number of hydrogen-bond donors (Lipinski definition) is 1. The van der Waals surface area contributed by atoms with Crippen LogP contribution in [0.1, 0.15) is 37.7 Å². The first kappa shape index (κ1) is 17.4. The number of ether oxygens (including phenoxy) is 1. The van der Waals surface area contributed by atoms with Crippen LogP contribution < -0.4 is 4.74 Å². The van der Waals surface area contributed by atoms with Crippen molar-refractivity contribution in [1.29, 1.82) is 0 Å². The van der Waals surface area contributed by atoms with Gasteiger partial charge in [0.25, 0.3) is 0 Å². The van der Waals surface area contributed by atoms with Crippen LogP contribution in [0.4, 0.5) is 4.39 Å². The zero-order valence-corrected chi connectivity index (χ0v) is 14.7. The van der Waals surface area contributed by atoms with Crippen LogP contribution in [0.2, 0.25) is 5.02 Å². The lowest BCUT2D eigenvalue weighted by molar-refractivity contribution is -0.118. The van der Waals surface area contributed by atoms with Gasteiger partial charge in [0, 0.05) is 12.4 Å². The Morgan fingerprint density at radius 2 is 1.96 bits per heavy atom. The minimum atomic E-state index is -1.09. The number of carbonyl (C=O) groups is 1. The van der Waals surface area contributed by atoms with Crippen LogP contribution in [0.3, 0.4) is 0 Å². The largest absolute Gasteiger partial charge is 0.505 e. The van der Waals surface area contributed by atoms with E-state index in [0.717, 1.165) is 6.07 Å². The van der Waals surface area contributed by atoms with Crippen molar-refractivity contribution in [3.63, 3.8) is 0 Å². The highest BCUT2D eigenvalue weighted by molar-refractivity contribution is 6.35. The van der Waals surface area contributed by atoms with Crippen molar-refractivity contribution >= 4 is 28.7 Å². The highest BCUT2D eigenvalue weighted by Gasteiger charge is 2.44. The van der Waals surface area contributed by atoms with E-state index in [1.165, 1.54) is 18.5 Å². The predicted molar refractivity (Wildman–Crippen MR) is 92.1 cm³/mol. The van der Waals surface area contributed by atoms with E-state index < -0.39 is 22.8 Å². The smallest absolute Gasteiger partial charge is 0.179 e. The van der Waals surface area contributed by atoms with Gasteiger partial charge in [0.05, 0.1) is 33.9 Å². The first-order valence-corrected chi connectivity index (χ1v) is 8.09. The molecule has 0 amide bonds. The van der Waals surface area contributed by atoms with Gasteiger partial charge in [-0.25, -0.2) is 9.37 Å². The van der Waals surface area contributed by atoms with Crippen LogP contribution in [0.5, 0.6) is 5.75 Å². The van der Waals surface area contributed by atoms with Crippen molar-refractivity contribution in [2.45, 2.75) is 26.2 Å². The summed E-state index contributed by atoms with van der Waals surface area (Å²) in [6.07, 6.45) is 2.84. The molecule has 1 aromatic heterocycles. The van der Waals surface area contributed by atoms with Gasteiger partial charge in [-0.05, 0) is 32.9 Å². The molecule has 7 heteroatoms. The Hall–Kier alpha value is -2.47. The van der Waals surface area contributed by atoms with Crippen LogP contribution in [0.15, 0.2) is 24.5 Å². The number of aromatic nitrogens is 2. The molecule has 0 fully saturated rings. The fraction of sp³-hybridized carbons (Fsp3) is 0.278. The molecule has 0 saturated heterocycles. The van der Waals surface area contributed by atoms with Gasteiger partial charge in [0.15, 0.2) is 11.5 Å². The van der Waals surface area contributed by atoms with Crippen molar-refractivity contribution in [3.05, 3.63) is 52.3 Å². The second kappa shape index (κ2) is 6.11. The van der Waals surface area contributed by atoms with Gasteiger partial charge in [-0.2, -0.15) is 0 Å². The maximum atomic E-state index is 14.6. The highest BCUT2D eigenvalue weighted by atomic mass is 35.5. The Kier molecular flexibility index (Phi) is 4.24. The second-order valence-electron chi connectivity index (χ2n) is 6.10. The third-order valence-corrected chi connectivity index (χ3v) is 4.44. The average Bonchev–Trinajstić information content (AvgIpc) is 2.59. The fourth-order valence-electron chi connectivity index (χ4n) is 2.90. The fourth-order valence-corrected chi connectivity index (χ4v) is 3.11. The third-order valence-electron chi connectivity index (χ3n) is 4.14. The lowest BCUT2D eigenvalue weighted by atomic mass is 9.73. The van der Waals surface area contributed by atoms with Crippen LogP contribution >= 0.6 is 11.6 Å². The minimum absolute atomic E-state index is 0.0159. The topological polar surface area (TPSA) is 72.3 Å². The van der Waals surface area contributed by atoms with Crippen molar-refractivity contribution in [2.75, 3.05) is 6.61 Å². The maximum Gasteiger partial charge on any atom is 0.179 e. The van der Waals surface area contributed by atoms with E-state index in [2.05, 4.69) is 9.97 Å². The molecule has 0 aliphatic heterocycles. The first-order valence-electron chi connectivity index (χ1n) is 7.71. The van der Waals surface area contributed by atoms with Gasteiger partial charge >= 0.3 is 0 Å². The number of halogens is 2. The van der Waals surface area contributed by atoms with Gasteiger partial charge in [-0.15, -0.1) is 0 Å². The molecule has 1 aliphatic carbocycles. The SMILES string of the molecule is CCOc1c(Cl)ccc(F)c1C1=C(O)c2nccnc2C(C)(C)C1=O. The summed E-state index contributed by atoms with van der Waals surface area (Å²) >= 11 is 6.13. The Balaban J connectivity index is 2.39. The first-order chi connectivity index (χ1) is 11.8. The molecule has 0 spiro atoms. The molecular formula is C18H16ClFN2O3. The van der Waals surface area contributed by atoms with Crippen molar-refractivity contribution < 1.29 is 19.0 Å². The number of rotatable bonds is 3. The van der Waals surface area contributed by atoms with Crippen molar-refractivity contribution in [3.8, 4) is 5.75 Å². The highest BCUT2D eigenvalue weighted by Crippen LogP contribution is 2.45. The quantitative estimate of drug-likeness (QED) is 0.894. The van der Waals surface area contributed by atoms with Gasteiger partial charge in [0.1, 0.15) is 17.3 Å². The standard InChI is InChI=1S/C18H16ClFN2O3/c1-4-25-15-9(19)5-6-10(20)11(15)12-14(23)13-16(22-8-7-21-13)18(2,3)17(12)24/h5-8,23H,4H2,1-3H3. The normalized spacial score (nSPS) is 16.0. The summed E-state index contributed by atoms with van der Waals surface area (Å²) in [6, 6.07) is 2.47. The molecule has 3 rings (SSSR count). The molecule has 2 aromatic rings. The number of hydrogen-bond acceptors (Lipinski definition) is 5. The molecule has 25 heavy (non-hydrogen) atoms. The molecule has 1 aromatic carbocycles. The van der Waals surface area contributed by atoms with Crippen LogP contribution in [-0.4, -0.2) is 27.5 Å². The molecule has 1 N–H and O–H groups in total. The number of ketones is 1. The summed E-state index contributed by atoms with van der Waals surface area (Å²) < 4.78 is 20.1. The van der Waals surface area contributed by atoms with Gasteiger partial charge in [-0.1, -0.05) is 11.6 Å². The van der Waals surface area contributed by atoms with E-state index >= 15 is 0 Å². The molecule has 0 unspecified atom stereocenters. The zero-order chi connectivity index (χ0) is 18.4. The number of aliphatic hydroxyl groups is 1. The zero-order valence-electron chi connectivity index (χ0n) is 13.9. The Morgan fingerprint density at radius 1 is 1.28 bits per heavy atom. The van der Waals surface area contributed by atoms with Crippen LogP contribution in [0.25, 0.3) is 11.3 Å². The van der Waals surface area contributed by atoms with Crippen LogP contribution in [-0.2, 0) is 10.2 Å². The molecular weight excluding hydrogens is 347 g/mol. The van der Waals surface area contributed by atoms with E-state index in [-0.39, 0.29) is 34.2 Å². The van der Waals surface area contributed by atoms with E-state index in [1.807, 2.05) is 0 Å². The molecule has 1 aliphatic rings. The Morgan fingerprint density at radius 3 is 2.64 bits per heavy atom. The number of Topliss-reactive ketones (excluding diaryl/α,β-unsaturated/α-hetero) is 1. The summed E-state index contributed by atoms with van der Waals surface area (Å²) in [5.41, 5.74) is -0.989. The number of benzene rings is 1. The maximum absolute atomic E-state index is 14.6. The molecule has 130 valence electrons. The summed E-state index contributed by atoms with van der Waals surface area (Å²) in [7, 11) is 0. The molecule has 5 nitrogen and oxygen atoms in total. The van der Waals surface area contributed by atoms with Gasteiger partial charge in [-0.3, -0.25) is 9.78 Å². The lowest BCUT2D eigenvalue weighted by Gasteiger charge is -2.31. The van der Waals surface area contributed by atoms with E-state index in [9.17, 15) is 14.3 Å². The number of fused-ring (bicyclic) bond motifs is 1. The molecule has 0 atom stereocenters. The summed E-state index contributed by atoms with van der Waals surface area (Å²) in [6.45, 7) is 5.24. The Labute approximate surface area is 149 Å². The second-order valence-corrected chi connectivity index (χ2v) is 6.50. The average molecular weight is 363 g/mol. The predicted octanol–water partition coefficient (Wildman–Crippen LogP) is 3.95. The monoisotopic (exact) mass is 362 g/mol. The number of carbonyl (C=O) groups excluding carboxylic acids is 1. The van der Waals surface area contributed by atoms with Crippen LogP contribution in [0, 0.1) is 5.82 Å². The van der Waals surface area contributed by atoms with Crippen molar-refractivity contribution in [2.24, 2.45) is 0 Å².